The summed E-state index contributed by atoms with van der Waals surface area (Å²) in [7, 11) is 1.47. The van der Waals surface area contributed by atoms with Crippen LogP contribution in [-0.2, 0) is 9.53 Å². The molecule has 2 heterocycles. The number of ether oxygens (including phenoxy) is 2. The number of carboxylic acid groups (broad SMARTS) is 1. The fourth-order valence-corrected chi connectivity index (χ4v) is 2.91. The van der Waals surface area contributed by atoms with E-state index in [1.165, 1.54) is 26.4 Å². The number of amides is 1. The summed E-state index contributed by atoms with van der Waals surface area (Å²) in [5.74, 6) is -1.04. The Morgan fingerprint density at radius 3 is 2.42 bits per heavy atom. The molecule has 0 spiro atoms. The molecule has 1 amide bonds. The Balaban J connectivity index is 0.000000282. The van der Waals surface area contributed by atoms with E-state index in [1.54, 1.807) is 24.3 Å². The van der Waals surface area contributed by atoms with E-state index in [9.17, 15) is 9.59 Å². The number of methoxy groups -OCH3 is 1. The Morgan fingerprint density at radius 2 is 1.96 bits per heavy atom. The molecule has 2 saturated heterocycles. The van der Waals surface area contributed by atoms with Crippen LogP contribution < -0.4 is 10.1 Å². The maximum atomic E-state index is 12.0. The van der Waals surface area contributed by atoms with Crippen LogP contribution in [0.4, 0.5) is 0 Å². The highest BCUT2D eigenvalue weighted by molar-refractivity contribution is 5.98. The van der Waals surface area contributed by atoms with Crippen LogP contribution in [0, 0.1) is 0 Å². The number of nitrogens with one attached hydrogen (secondary N) is 1. The molecule has 24 heavy (non-hydrogen) atoms. The third-order valence-corrected chi connectivity index (χ3v) is 4.25. The quantitative estimate of drug-likeness (QED) is 0.835. The Hall–Kier alpha value is -2.08. The van der Waals surface area contributed by atoms with Crippen LogP contribution in [0.1, 0.15) is 49.4 Å². The Kier molecular flexibility index (Phi) is 6.61. The normalized spacial score (nSPS) is 21.8. The third-order valence-electron chi connectivity index (χ3n) is 4.25. The number of benzene rings is 1. The van der Waals surface area contributed by atoms with Crippen molar-refractivity contribution in [1.29, 1.82) is 0 Å². The van der Waals surface area contributed by atoms with Gasteiger partial charge in [-0.25, -0.2) is 4.79 Å². The van der Waals surface area contributed by atoms with Gasteiger partial charge in [0.05, 0.1) is 24.9 Å². The van der Waals surface area contributed by atoms with E-state index in [-0.39, 0.29) is 0 Å². The van der Waals surface area contributed by atoms with Crippen molar-refractivity contribution in [3.05, 3.63) is 29.8 Å². The summed E-state index contributed by atoms with van der Waals surface area (Å²) >= 11 is 0. The smallest absolute Gasteiger partial charge is 0.326 e. The van der Waals surface area contributed by atoms with Gasteiger partial charge in [-0.05, 0) is 37.8 Å². The number of para-hydroxylation sites is 1. The van der Waals surface area contributed by atoms with Crippen LogP contribution in [0.15, 0.2) is 24.3 Å². The second kappa shape index (κ2) is 8.68. The van der Waals surface area contributed by atoms with E-state index < -0.39 is 17.9 Å². The summed E-state index contributed by atoms with van der Waals surface area (Å²) in [6, 6.07) is 5.83. The molecule has 1 aliphatic carbocycles. The van der Waals surface area contributed by atoms with Crippen LogP contribution in [0.5, 0.6) is 5.75 Å². The van der Waals surface area contributed by atoms with Gasteiger partial charge in [0, 0.05) is 0 Å². The van der Waals surface area contributed by atoms with Gasteiger partial charge in [0.2, 0.25) is 0 Å². The number of carbonyl (C=O) groups is 2. The average molecular weight is 335 g/mol. The fourth-order valence-electron chi connectivity index (χ4n) is 2.91. The third kappa shape index (κ3) is 4.71. The number of hydrogen-bond acceptors (Lipinski definition) is 4. The van der Waals surface area contributed by atoms with Crippen LogP contribution in [-0.4, -0.2) is 42.3 Å². The van der Waals surface area contributed by atoms with Gasteiger partial charge in [-0.1, -0.05) is 25.5 Å². The van der Waals surface area contributed by atoms with Gasteiger partial charge in [0.1, 0.15) is 11.8 Å². The molecule has 1 saturated carbocycles. The molecule has 3 unspecified atom stereocenters. The predicted octanol–water partition coefficient (Wildman–Crippen LogP) is 2.62. The molecule has 2 N–H and O–H groups in total. The highest BCUT2D eigenvalue weighted by atomic mass is 16.5. The highest BCUT2D eigenvalue weighted by Gasteiger charge is 2.36. The van der Waals surface area contributed by atoms with Crippen molar-refractivity contribution >= 4 is 11.9 Å². The van der Waals surface area contributed by atoms with E-state index in [0.29, 0.717) is 36.4 Å². The topological polar surface area (TPSA) is 84.9 Å². The highest BCUT2D eigenvalue weighted by Crippen LogP contribution is 2.36. The molecule has 1 aromatic rings. The minimum atomic E-state index is -1.03. The molecule has 132 valence electrons. The van der Waals surface area contributed by atoms with Gasteiger partial charge in [-0.3, -0.25) is 4.79 Å². The number of hydrogen-bond donors (Lipinski definition) is 2. The summed E-state index contributed by atoms with van der Waals surface area (Å²) in [6.07, 6.45) is 6.50. The van der Waals surface area contributed by atoms with Crippen LogP contribution in [0.3, 0.4) is 0 Å². The van der Waals surface area contributed by atoms with Crippen molar-refractivity contribution in [3.63, 3.8) is 0 Å². The lowest BCUT2D eigenvalue weighted by atomic mass is 10.1. The van der Waals surface area contributed by atoms with Crippen molar-refractivity contribution in [2.75, 3.05) is 7.11 Å². The molecule has 3 fully saturated rings. The monoisotopic (exact) mass is 335 g/mol. The average Bonchev–Trinajstić information content (AvgIpc) is 3.20. The molecule has 6 nitrogen and oxygen atoms in total. The Morgan fingerprint density at radius 1 is 1.33 bits per heavy atom. The van der Waals surface area contributed by atoms with E-state index in [1.807, 2.05) is 6.92 Å². The Bertz CT molecular complexity index is 555. The second-order valence-electron chi connectivity index (χ2n) is 6.05. The molecule has 4 rings (SSSR count). The van der Waals surface area contributed by atoms with E-state index >= 15 is 0 Å². The van der Waals surface area contributed by atoms with Crippen LogP contribution in [0.25, 0.3) is 0 Å². The first-order valence-electron chi connectivity index (χ1n) is 8.37. The summed E-state index contributed by atoms with van der Waals surface area (Å²) < 4.78 is 10.3. The second-order valence-corrected chi connectivity index (χ2v) is 6.05. The predicted molar refractivity (Wildman–Crippen MR) is 89.3 cm³/mol. The number of rotatable bonds is 6. The zero-order valence-corrected chi connectivity index (χ0v) is 14.2. The maximum Gasteiger partial charge on any atom is 0.326 e. The number of carboxylic acids is 1. The van der Waals surface area contributed by atoms with Crippen molar-refractivity contribution in [3.8, 4) is 5.75 Å². The molecule has 0 aromatic heterocycles. The van der Waals surface area contributed by atoms with Crippen LogP contribution >= 0.6 is 0 Å². The van der Waals surface area contributed by atoms with Crippen LogP contribution in [0.2, 0.25) is 0 Å². The molecule has 3 aliphatic rings. The van der Waals surface area contributed by atoms with Gasteiger partial charge < -0.3 is 19.9 Å². The first-order chi connectivity index (χ1) is 11.5. The van der Waals surface area contributed by atoms with E-state index in [0.717, 1.165) is 0 Å². The van der Waals surface area contributed by atoms with E-state index in [4.69, 9.17) is 14.6 Å². The zero-order chi connectivity index (χ0) is 17.5. The van der Waals surface area contributed by atoms with Gasteiger partial charge in [0.15, 0.2) is 0 Å². The van der Waals surface area contributed by atoms with Gasteiger partial charge in [-0.15, -0.1) is 0 Å². The first kappa shape index (κ1) is 18.3. The van der Waals surface area contributed by atoms with Gasteiger partial charge in [0.25, 0.3) is 5.91 Å². The van der Waals surface area contributed by atoms with Crippen molar-refractivity contribution in [2.24, 2.45) is 0 Å². The van der Waals surface area contributed by atoms with Crippen molar-refractivity contribution in [2.45, 2.75) is 57.3 Å². The molecule has 0 radical (unpaired) electrons. The fraction of sp³-hybridized carbons (Fsp3) is 0.556. The maximum absolute atomic E-state index is 12.0. The molecular weight excluding hydrogens is 310 g/mol. The number of fused-ring (bicyclic) bond motifs is 1. The van der Waals surface area contributed by atoms with Crippen molar-refractivity contribution in [1.82, 2.24) is 5.32 Å². The minimum Gasteiger partial charge on any atom is -0.496 e. The van der Waals surface area contributed by atoms with Gasteiger partial charge >= 0.3 is 5.97 Å². The Labute approximate surface area is 142 Å². The summed E-state index contributed by atoms with van der Waals surface area (Å²) in [6.45, 7) is 1.87. The zero-order valence-electron chi connectivity index (χ0n) is 14.2. The lowest BCUT2D eigenvalue weighted by Crippen LogP contribution is -2.40. The molecule has 2 aliphatic heterocycles. The standard InChI is InChI=1S/C13H17NO4.C5H8O/c1-3-6-10(13(16)17)14-12(15)9-7-4-5-8-11(9)18-2;1-2-5-3-4(1)6-5/h4-5,7-8,10H,3,6H2,1-2H3,(H,14,15)(H,16,17);4-5H,1-3H2. The molecule has 1 aromatic carbocycles. The lowest BCUT2D eigenvalue weighted by molar-refractivity contribution is -0.139. The summed E-state index contributed by atoms with van der Waals surface area (Å²) in [5, 5.41) is 11.5. The lowest BCUT2D eigenvalue weighted by Gasteiger charge is -2.23. The number of carbonyl (C=O) groups excluding carboxylic acids is 1. The summed E-state index contributed by atoms with van der Waals surface area (Å²) in [5.41, 5.74) is 0.336. The SMILES string of the molecule is C1CC2CC1O2.CCCC(NC(=O)c1ccccc1OC)C(=O)O. The molecule has 6 heteroatoms. The number of aliphatic carboxylic acids is 1. The minimum absolute atomic E-state index is 0.336. The largest absolute Gasteiger partial charge is 0.496 e. The van der Waals surface area contributed by atoms with Gasteiger partial charge in [-0.2, -0.15) is 0 Å². The molecular formula is C18H25NO5. The van der Waals surface area contributed by atoms with E-state index in [2.05, 4.69) is 5.32 Å². The van der Waals surface area contributed by atoms with Crippen molar-refractivity contribution < 1.29 is 24.2 Å². The first-order valence-corrected chi connectivity index (χ1v) is 8.37. The molecule has 2 bridgehead atoms. The molecule has 3 atom stereocenters. The summed E-state index contributed by atoms with van der Waals surface area (Å²) in [4.78, 5) is 22.9.